The Labute approximate surface area is 107 Å². The van der Waals surface area contributed by atoms with Gasteiger partial charge in [-0.05, 0) is 36.0 Å². The molecule has 0 spiro atoms. The lowest BCUT2D eigenvalue weighted by Gasteiger charge is -2.08. The lowest BCUT2D eigenvalue weighted by atomic mass is 10.3. The van der Waals surface area contributed by atoms with Gasteiger partial charge in [0, 0.05) is 18.0 Å². The summed E-state index contributed by atoms with van der Waals surface area (Å²) in [6.07, 6.45) is 0. The smallest absolute Gasteiger partial charge is 0.399 e. The maximum atomic E-state index is 11.8. The minimum Gasteiger partial charge on any atom is -0.399 e. The van der Waals surface area contributed by atoms with Gasteiger partial charge in [0.15, 0.2) is 0 Å². The Balaban J connectivity index is 2.53. The highest BCUT2D eigenvalue weighted by Gasteiger charge is 2.27. The van der Waals surface area contributed by atoms with Gasteiger partial charge < -0.3 is 5.73 Å². The Bertz CT molecular complexity index is 486. The first-order valence-electron chi connectivity index (χ1n) is 4.76. The number of thioether (sulfide) groups is 1. The van der Waals surface area contributed by atoms with E-state index in [-0.39, 0.29) is 29.0 Å². The van der Waals surface area contributed by atoms with Crippen LogP contribution in [0.2, 0.25) is 0 Å². The maximum absolute atomic E-state index is 11.8. The van der Waals surface area contributed by atoms with Gasteiger partial charge in [-0.15, -0.1) is 0 Å². The van der Waals surface area contributed by atoms with E-state index in [4.69, 9.17) is 5.73 Å². The number of benzene rings is 1. The predicted octanol–water partition coefficient (Wildman–Crippen LogP) is 1.80. The summed E-state index contributed by atoms with van der Waals surface area (Å²) in [5.74, 6) is -0.377. The van der Waals surface area contributed by atoms with Crippen LogP contribution in [0.15, 0.2) is 29.2 Å². The van der Waals surface area contributed by atoms with Crippen molar-refractivity contribution in [1.29, 1.82) is 0 Å². The third kappa shape index (κ3) is 5.15. The number of nitrogen functional groups attached to an aromatic ring is 1. The van der Waals surface area contributed by atoms with Crippen LogP contribution in [0.1, 0.15) is 0 Å². The van der Waals surface area contributed by atoms with Crippen molar-refractivity contribution < 1.29 is 21.6 Å². The second kappa shape index (κ2) is 5.81. The average molecular weight is 300 g/mol. The molecule has 0 atom stereocenters. The largest absolute Gasteiger partial charge is 0.441 e. The van der Waals surface area contributed by atoms with Crippen LogP contribution in [0.25, 0.3) is 0 Å². The van der Waals surface area contributed by atoms with Gasteiger partial charge in [-0.3, -0.25) is 0 Å². The topological polar surface area (TPSA) is 72.2 Å². The van der Waals surface area contributed by atoms with Crippen LogP contribution in [-0.2, 0) is 10.0 Å². The summed E-state index contributed by atoms with van der Waals surface area (Å²) in [6.45, 7) is -0.295. The summed E-state index contributed by atoms with van der Waals surface area (Å²) in [7, 11) is -3.78. The number of nitrogens with one attached hydrogen (secondary N) is 1. The summed E-state index contributed by atoms with van der Waals surface area (Å²) in [5.41, 5.74) is 1.45. The molecule has 0 saturated carbocycles. The standard InChI is InChI=1S/C9H11F3N2O2S2/c10-9(11,12)17-6-5-14-18(15,16)8-3-1-7(13)2-4-8/h1-4,14H,5-6,13H2. The van der Waals surface area contributed by atoms with Gasteiger partial charge in [-0.1, -0.05) is 0 Å². The van der Waals surface area contributed by atoms with Crippen LogP contribution in [-0.4, -0.2) is 26.2 Å². The molecule has 0 aliphatic carbocycles. The van der Waals surface area contributed by atoms with Crippen molar-refractivity contribution in [3.63, 3.8) is 0 Å². The summed E-state index contributed by atoms with van der Waals surface area (Å²) in [5, 5.41) is 0. The second-order valence-corrected chi connectivity index (χ2v) is 6.19. The molecular formula is C9H11F3N2O2S2. The highest BCUT2D eigenvalue weighted by molar-refractivity contribution is 8.00. The van der Waals surface area contributed by atoms with E-state index >= 15 is 0 Å². The molecule has 0 aromatic heterocycles. The van der Waals surface area contributed by atoms with Crippen molar-refractivity contribution in [3.8, 4) is 0 Å². The van der Waals surface area contributed by atoms with Crippen molar-refractivity contribution in [2.45, 2.75) is 10.4 Å². The normalized spacial score (nSPS) is 12.6. The first-order valence-corrected chi connectivity index (χ1v) is 7.23. The fourth-order valence-electron chi connectivity index (χ4n) is 1.07. The molecule has 18 heavy (non-hydrogen) atoms. The zero-order chi connectivity index (χ0) is 13.8. The van der Waals surface area contributed by atoms with Crippen LogP contribution < -0.4 is 10.5 Å². The summed E-state index contributed by atoms with van der Waals surface area (Å²) in [4.78, 5) is -0.0336. The van der Waals surface area contributed by atoms with Crippen LogP contribution in [0.5, 0.6) is 0 Å². The molecule has 0 radical (unpaired) electrons. The van der Waals surface area contributed by atoms with E-state index in [0.29, 0.717) is 5.69 Å². The van der Waals surface area contributed by atoms with Crippen molar-refractivity contribution >= 4 is 27.5 Å². The number of anilines is 1. The Kier molecular flexibility index (Phi) is 4.88. The predicted molar refractivity (Wildman–Crippen MR) is 64.6 cm³/mol. The van der Waals surface area contributed by atoms with Gasteiger partial charge in [0.2, 0.25) is 10.0 Å². The van der Waals surface area contributed by atoms with Gasteiger partial charge in [-0.25, -0.2) is 13.1 Å². The number of hydrogen-bond donors (Lipinski definition) is 2. The Morgan fingerprint density at radius 1 is 1.22 bits per heavy atom. The van der Waals surface area contributed by atoms with E-state index in [1.807, 2.05) is 0 Å². The number of hydrogen-bond acceptors (Lipinski definition) is 4. The first-order chi connectivity index (χ1) is 8.21. The Morgan fingerprint density at radius 3 is 2.28 bits per heavy atom. The van der Waals surface area contributed by atoms with E-state index in [1.165, 1.54) is 24.3 Å². The number of nitrogens with two attached hydrogens (primary N) is 1. The van der Waals surface area contributed by atoms with Crippen LogP contribution in [0.3, 0.4) is 0 Å². The molecular weight excluding hydrogens is 289 g/mol. The summed E-state index contributed by atoms with van der Waals surface area (Å²) < 4.78 is 60.8. The molecule has 0 bridgehead atoms. The molecule has 3 N–H and O–H groups in total. The molecule has 9 heteroatoms. The van der Waals surface area contributed by atoms with Crippen molar-refractivity contribution in [2.24, 2.45) is 0 Å². The van der Waals surface area contributed by atoms with Crippen LogP contribution in [0, 0.1) is 0 Å². The molecule has 0 unspecified atom stereocenters. The Morgan fingerprint density at radius 2 is 1.78 bits per heavy atom. The van der Waals surface area contributed by atoms with E-state index in [0.717, 1.165) is 0 Å². The molecule has 1 aromatic carbocycles. The molecule has 0 aliphatic rings. The summed E-state index contributed by atoms with van der Waals surface area (Å²) in [6, 6.07) is 5.38. The van der Waals surface area contributed by atoms with Gasteiger partial charge in [0.25, 0.3) is 0 Å². The van der Waals surface area contributed by atoms with Crippen molar-refractivity contribution in [1.82, 2.24) is 4.72 Å². The number of halogens is 3. The van der Waals surface area contributed by atoms with E-state index < -0.39 is 15.5 Å². The third-order valence-corrected chi connectivity index (χ3v) is 4.06. The molecule has 1 aromatic rings. The Hall–Kier alpha value is -0.930. The zero-order valence-corrected chi connectivity index (χ0v) is 10.7. The van der Waals surface area contributed by atoms with Gasteiger partial charge in [0.05, 0.1) is 4.90 Å². The quantitative estimate of drug-likeness (QED) is 0.642. The van der Waals surface area contributed by atoms with Crippen molar-refractivity contribution in [2.75, 3.05) is 18.0 Å². The molecule has 0 fully saturated rings. The summed E-state index contributed by atoms with van der Waals surface area (Å²) >= 11 is -0.275. The first kappa shape index (κ1) is 15.1. The molecule has 0 heterocycles. The van der Waals surface area contributed by atoms with E-state index in [1.54, 1.807) is 0 Å². The molecule has 1 rings (SSSR count). The number of rotatable bonds is 5. The van der Waals surface area contributed by atoms with E-state index in [2.05, 4.69) is 4.72 Å². The molecule has 102 valence electrons. The zero-order valence-electron chi connectivity index (χ0n) is 9.07. The monoisotopic (exact) mass is 300 g/mol. The molecule has 4 nitrogen and oxygen atoms in total. The van der Waals surface area contributed by atoms with Gasteiger partial charge in [-0.2, -0.15) is 13.2 Å². The fourth-order valence-corrected chi connectivity index (χ4v) is 2.67. The minimum atomic E-state index is -4.35. The average Bonchev–Trinajstić information content (AvgIpc) is 2.24. The van der Waals surface area contributed by atoms with Gasteiger partial charge >= 0.3 is 5.51 Å². The van der Waals surface area contributed by atoms with Crippen LogP contribution in [0.4, 0.5) is 18.9 Å². The number of alkyl halides is 3. The van der Waals surface area contributed by atoms with Gasteiger partial charge in [0.1, 0.15) is 0 Å². The highest BCUT2D eigenvalue weighted by Crippen LogP contribution is 2.29. The number of sulfonamides is 1. The maximum Gasteiger partial charge on any atom is 0.441 e. The fraction of sp³-hybridized carbons (Fsp3) is 0.333. The minimum absolute atomic E-state index is 0.0336. The van der Waals surface area contributed by atoms with Crippen LogP contribution >= 0.6 is 11.8 Å². The SMILES string of the molecule is Nc1ccc(S(=O)(=O)NCCSC(F)(F)F)cc1. The molecule has 0 aliphatic heterocycles. The van der Waals surface area contributed by atoms with E-state index in [9.17, 15) is 21.6 Å². The highest BCUT2D eigenvalue weighted by atomic mass is 32.2. The second-order valence-electron chi connectivity index (χ2n) is 3.26. The third-order valence-electron chi connectivity index (χ3n) is 1.85. The lowest BCUT2D eigenvalue weighted by molar-refractivity contribution is -0.0327. The van der Waals surface area contributed by atoms with Crippen molar-refractivity contribution in [3.05, 3.63) is 24.3 Å². The molecule has 0 amide bonds. The lowest BCUT2D eigenvalue weighted by Crippen LogP contribution is -2.26. The molecule has 0 saturated heterocycles.